The standard InChI is InChI=1S/C60H40N2O/c1-60(47-23-9-4-10-24-47)52-28-13-11-26-49(52)58-50(27-16-29-53(58)60)55-38-54(61-59(62-55)40-19-7-3-8-20-40)46-35-44(42-22-15-21-41(33-42)39-17-5-2-6-18-39)34-45(36-46)43-31-32-57-51(37-43)48-25-12-14-30-56(48)63-57/h2-38H,1H3. The minimum atomic E-state index is -0.333. The number of hydrogen-bond donors (Lipinski definition) is 0. The highest BCUT2D eigenvalue weighted by Crippen LogP contribution is 2.55. The fourth-order valence-electron chi connectivity index (χ4n) is 9.81. The third-order valence-corrected chi connectivity index (χ3v) is 13.0. The van der Waals surface area contributed by atoms with E-state index in [2.05, 4.69) is 213 Å². The maximum Gasteiger partial charge on any atom is 0.160 e. The monoisotopic (exact) mass is 804 g/mol. The minimum absolute atomic E-state index is 0.333. The lowest BCUT2D eigenvalue weighted by Crippen LogP contribution is -2.22. The summed E-state index contributed by atoms with van der Waals surface area (Å²) in [7, 11) is 0. The zero-order valence-electron chi connectivity index (χ0n) is 34.7. The number of aromatic nitrogens is 2. The summed E-state index contributed by atoms with van der Waals surface area (Å²) < 4.78 is 6.27. The van der Waals surface area contributed by atoms with Gasteiger partial charge in [-0.2, -0.15) is 0 Å². The third-order valence-electron chi connectivity index (χ3n) is 13.0. The molecule has 0 saturated carbocycles. The number of benzene rings is 9. The van der Waals surface area contributed by atoms with Crippen LogP contribution in [0, 0.1) is 0 Å². The molecule has 1 aliphatic rings. The van der Waals surface area contributed by atoms with Crippen molar-refractivity contribution in [1.29, 1.82) is 0 Å². The molecule has 2 aromatic heterocycles. The van der Waals surface area contributed by atoms with Gasteiger partial charge < -0.3 is 4.42 Å². The van der Waals surface area contributed by atoms with E-state index in [9.17, 15) is 0 Å². The number of para-hydroxylation sites is 1. The van der Waals surface area contributed by atoms with Crippen molar-refractivity contribution >= 4 is 21.9 Å². The van der Waals surface area contributed by atoms with Crippen LogP contribution in [0.5, 0.6) is 0 Å². The largest absolute Gasteiger partial charge is 0.456 e. The van der Waals surface area contributed by atoms with E-state index in [1.165, 1.54) is 38.9 Å². The van der Waals surface area contributed by atoms with Gasteiger partial charge in [-0.1, -0.05) is 176 Å². The van der Waals surface area contributed by atoms with Crippen LogP contribution in [0.1, 0.15) is 23.6 Å². The number of nitrogens with zero attached hydrogens (tertiary/aromatic N) is 2. The van der Waals surface area contributed by atoms with E-state index >= 15 is 0 Å². The molecule has 11 aromatic rings. The van der Waals surface area contributed by atoms with Crippen molar-refractivity contribution in [1.82, 2.24) is 9.97 Å². The lowest BCUT2D eigenvalue weighted by atomic mass is 9.74. The van der Waals surface area contributed by atoms with Gasteiger partial charge in [0.05, 0.1) is 11.4 Å². The second kappa shape index (κ2) is 14.8. The Labute approximate surface area is 366 Å². The quantitative estimate of drug-likeness (QED) is 0.161. The Morgan fingerprint density at radius 1 is 0.349 bits per heavy atom. The summed E-state index contributed by atoms with van der Waals surface area (Å²) in [6.07, 6.45) is 0. The summed E-state index contributed by atoms with van der Waals surface area (Å²) in [4.78, 5) is 10.8. The molecule has 0 N–H and O–H groups in total. The first kappa shape index (κ1) is 36.7. The first-order valence-electron chi connectivity index (χ1n) is 21.6. The SMILES string of the molecule is CC1(c2ccccc2)c2ccccc2-c2c(-c3cc(-c4cc(-c5cccc(-c6ccccc6)c5)cc(-c5ccc6oc7ccccc7c6c5)c4)nc(-c4ccccc4)n3)cccc21. The highest BCUT2D eigenvalue weighted by Gasteiger charge is 2.41. The summed E-state index contributed by atoms with van der Waals surface area (Å²) in [5.74, 6) is 0.683. The molecule has 296 valence electrons. The average molecular weight is 805 g/mol. The molecule has 9 aromatic carbocycles. The van der Waals surface area contributed by atoms with Crippen LogP contribution < -0.4 is 0 Å². The third kappa shape index (κ3) is 6.20. The second-order valence-electron chi connectivity index (χ2n) is 16.6. The molecule has 1 unspecified atom stereocenters. The van der Waals surface area contributed by atoms with Gasteiger partial charge in [0.1, 0.15) is 11.2 Å². The van der Waals surface area contributed by atoms with Gasteiger partial charge >= 0.3 is 0 Å². The van der Waals surface area contributed by atoms with Crippen LogP contribution in [-0.4, -0.2) is 9.97 Å². The van der Waals surface area contributed by atoms with E-state index in [4.69, 9.17) is 14.4 Å². The molecule has 0 radical (unpaired) electrons. The van der Waals surface area contributed by atoms with Crippen LogP contribution in [0.15, 0.2) is 229 Å². The molecule has 2 heterocycles. The molecule has 0 aliphatic heterocycles. The summed E-state index contributed by atoms with van der Waals surface area (Å²) in [6.45, 7) is 2.36. The molecule has 0 bridgehead atoms. The number of fused-ring (bicyclic) bond motifs is 6. The maximum absolute atomic E-state index is 6.27. The molecule has 0 amide bonds. The van der Waals surface area contributed by atoms with Crippen molar-refractivity contribution in [3.63, 3.8) is 0 Å². The van der Waals surface area contributed by atoms with Gasteiger partial charge in [-0.15, -0.1) is 0 Å². The first-order chi connectivity index (χ1) is 31.1. The van der Waals surface area contributed by atoms with E-state index in [0.717, 1.165) is 72.3 Å². The predicted octanol–water partition coefficient (Wildman–Crippen LogP) is 15.7. The molecular weight excluding hydrogens is 765 g/mol. The molecule has 63 heavy (non-hydrogen) atoms. The molecule has 12 rings (SSSR count). The van der Waals surface area contributed by atoms with E-state index < -0.39 is 0 Å². The smallest absolute Gasteiger partial charge is 0.160 e. The van der Waals surface area contributed by atoms with Gasteiger partial charge in [-0.05, 0) is 117 Å². The number of furan rings is 1. The Morgan fingerprint density at radius 3 is 1.68 bits per heavy atom. The molecule has 3 heteroatoms. The van der Waals surface area contributed by atoms with Gasteiger partial charge in [0, 0.05) is 32.9 Å². The second-order valence-corrected chi connectivity index (χ2v) is 16.6. The van der Waals surface area contributed by atoms with Crippen molar-refractivity contribution in [2.45, 2.75) is 12.3 Å². The molecule has 0 saturated heterocycles. The zero-order valence-corrected chi connectivity index (χ0v) is 34.7. The van der Waals surface area contributed by atoms with Gasteiger partial charge in [0.2, 0.25) is 0 Å². The highest BCUT2D eigenvalue weighted by molar-refractivity contribution is 6.06. The minimum Gasteiger partial charge on any atom is -0.456 e. The van der Waals surface area contributed by atoms with E-state index in [1.54, 1.807) is 0 Å². The lowest BCUT2D eigenvalue weighted by molar-refractivity contribution is 0.669. The Kier molecular flexibility index (Phi) is 8.62. The van der Waals surface area contributed by atoms with Crippen LogP contribution in [0.2, 0.25) is 0 Å². The fourth-order valence-corrected chi connectivity index (χ4v) is 9.81. The molecule has 3 nitrogen and oxygen atoms in total. The number of hydrogen-bond acceptors (Lipinski definition) is 3. The maximum atomic E-state index is 6.27. The van der Waals surface area contributed by atoms with Crippen molar-refractivity contribution in [2.75, 3.05) is 0 Å². The van der Waals surface area contributed by atoms with Crippen molar-refractivity contribution in [3.8, 4) is 78.4 Å². The van der Waals surface area contributed by atoms with Crippen LogP contribution in [0.25, 0.3) is 100 Å². The normalized spacial score (nSPS) is 14.2. The highest BCUT2D eigenvalue weighted by atomic mass is 16.3. The molecule has 0 spiro atoms. The van der Waals surface area contributed by atoms with E-state index in [0.29, 0.717) is 5.82 Å². The van der Waals surface area contributed by atoms with Crippen molar-refractivity contribution in [2.24, 2.45) is 0 Å². The fraction of sp³-hybridized carbons (Fsp3) is 0.0333. The molecule has 0 fully saturated rings. The molecular formula is C60H40N2O. The Hall–Kier alpha value is -8.14. The summed E-state index contributed by atoms with van der Waals surface area (Å²) in [5.41, 5.74) is 19.3. The summed E-state index contributed by atoms with van der Waals surface area (Å²) in [5, 5.41) is 2.20. The Morgan fingerprint density at radius 2 is 0.889 bits per heavy atom. The van der Waals surface area contributed by atoms with Gasteiger partial charge in [0.15, 0.2) is 5.82 Å². The zero-order chi connectivity index (χ0) is 41.9. The molecule has 1 aliphatic carbocycles. The first-order valence-corrected chi connectivity index (χ1v) is 21.6. The molecule has 1 atom stereocenters. The lowest BCUT2D eigenvalue weighted by Gasteiger charge is -2.28. The van der Waals surface area contributed by atoms with Gasteiger partial charge in [-0.25, -0.2) is 9.97 Å². The van der Waals surface area contributed by atoms with Crippen LogP contribution in [0.4, 0.5) is 0 Å². The Bertz CT molecular complexity index is 3520. The van der Waals surface area contributed by atoms with Crippen LogP contribution >= 0.6 is 0 Å². The van der Waals surface area contributed by atoms with Crippen LogP contribution in [-0.2, 0) is 5.41 Å². The van der Waals surface area contributed by atoms with Crippen molar-refractivity contribution in [3.05, 3.63) is 241 Å². The topological polar surface area (TPSA) is 38.9 Å². The number of rotatable bonds is 7. The van der Waals surface area contributed by atoms with Gasteiger partial charge in [0.25, 0.3) is 0 Å². The van der Waals surface area contributed by atoms with Crippen LogP contribution in [0.3, 0.4) is 0 Å². The van der Waals surface area contributed by atoms with Gasteiger partial charge in [-0.3, -0.25) is 0 Å². The predicted molar refractivity (Wildman–Crippen MR) is 259 cm³/mol. The van der Waals surface area contributed by atoms with E-state index in [-0.39, 0.29) is 5.41 Å². The summed E-state index contributed by atoms with van der Waals surface area (Å²) >= 11 is 0. The average Bonchev–Trinajstić information content (AvgIpc) is 3.87. The summed E-state index contributed by atoms with van der Waals surface area (Å²) in [6, 6.07) is 80.1. The van der Waals surface area contributed by atoms with Crippen molar-refractivity contribution < 1.29 is 4.42 Å². The van der Waals surface area contributed by atoms with E-state index in [1.807, 2.05) is 18.2 Å². The Balaban J connectivity index is 1.09.